The van der Waals surface area contributed by atoms with Crippen LogP contribution in [0.5, 0.6) is 0 Å². The smallest absolute Gasteiger partial charge is 0.164 e. The minimum atomic E-state index is 0.572. The van der Waals surface area contributed by atoms with Crippen molar-refractivity contribution in [2.75, 3.05) is 0 Å². The first-order valence-corrected chi connectivity index (χ1v) is 21.8. The van der Waals surface area contributed by atoms with Gasteiger partial charge in [0.15, 0.2) is 17.5 Å². The van der Waals surface area contributed by atoms with E-state index in [-0.39, 0.29) is 0 Å². The molecule has 0 N–H and O–H groups in total. The first kappa shape index (κ1) is 35.7. The predicted octanol–water partition coefficient (Wildman–Crippen LogP) is 15.7. The number of para-hydroxylation sites is 2. The average Bonchev–Trinajstić information content (AvgIpc) is 4.05. The molecular formula is C59H34N4O2. The third-order valence-corrected chi connectivity index (χ3v) is 13.0. The summed E-state index contributed by atoms with van der Waals surface area (Å²) in [7, 11) is 0. The van der Waals surface area contributed by atoms with Crippen molar-refractivity contribution in [3.05, 3.63) is 206 Å². The molecule has 0 spiro atoms. The van der Waals surface area contributed by atoms with E-state index in [9.17, 15) is 0 Å². The Bertz CT molecular complexity index is 4250. The van der Waals surface area contributed by atoms with Gasteiger partial charge in [-0.15, -0.1) is 0 Å². The number of hydrogen-bond donors (Lipinski definition) is 0. The lowest BCUT2D eigenvalue weighted by Crippen LogP contribution is -2.02. The van der Waals surface area contributed by atoms with Gasteiger partial charge in [0.1, 0.15) is 22.3 Å². The Morgan fingerprint density at radius 2 is 0.969 bits per heavy atom. The third kappa shape index (κ3) is 5.51. The summed E-state index contributed by atoms with van der Waals surface area (Å²) in [6, 6.07) is 72.3. The van der Waals surface area contributed by atoms with Crippen LogP contribution in [0, 0.1) is 0 Å². The minimum Gasteiger partial charge on any atom is -0.456 e. The molecule has 0 saturated heterocycles. The lowest BCUT2D eigenvalue weighted by molar-refractivity contribution is 0.669. The van der Waals surface area contributed by atoms with Gasteiger partial charge < -0.3 is 13.4 Å². The largest absolute Gasteiger partial charge is 0.456 e. The SMILES string of the molecule is c1ccc(-c2nc(-c3ccc(-n4c5ccccc5c5cc6ccccc6cc54)c(-c4cccc5oc6c7ccccc7ccc6c45)c3)nc(-c3ccc4oc5ccccc5c4c3)n2)cc1. The Morgan fingerprint density at radius 3 is 1.82 bits per heavy atom. The van der Waals surface area contributed by atoms with Gasteiger partial charge in [0, 0.05) is 60.0 Å². The highest BCUT2D eigenvalue weighted by molar-refractivity contribution is 6.20. The molecule has 0 aliphatic heterocycles. The van der Waals surface area contributed by atoms with Crippen molar-refractivity contribution in [3.63, 3.8) is 0 Å². The normalized spacial score (nSPS) is 12.0. The molecule has 14 aromatic rings. The molecule has 0 fully saturated rings. The van der Waals surface area contributed by atoms with Crippen LogP contribution in [0.25, 0.3) is 138 Å². The third-order valence-electron chi connectivity index (χ3n) is 13.0. The molecule has 0 aliphatic rings. The van der Waals surface area contributed by atoms with Crippen LogP contribution in [0.15, 0.2) is 215 Å². The van der Waals surface area contributed by atoms with Crippen LogP contribution < -0.4 is 0 Å². The van der Waals surface area contributed by atoms with Gasteiger partial charge in [-0.3, -0.25) is 0 Å². The molecule has 0 saturated carbocycles. The van der Waals surface area contributed by atoms with Crippen molar-refractivity contribution < 1.29 is 8.83 Å². The molecular weight excluding hydrogens is 797 g/mol. The van der Waals surface area contributed by atoms with E-state index >= 15 is 0 Å². The van der Waals surface area contributed by atoms with E-state index in [4.69, 9.17) is 23.8 Å². The lowest BCUT2D eigenvalue weighted by atomic mass is 9.95. The topological polar surface area (TPSA) is 69.9 Å². The van der Waals surface area contributed by atoms with Crippen LogP contribution in [0.4, 0.5) is 0 Å². The summed E-state index contributed by atoms with van der Waals surface area (Å²) in [5.41, 5.74) is 11.4. The molecule has 14 rings (SSSR count). The highest BCUT2D eigenvalue weighted by atomic mass is 16.3. The van der Waals surface area contributed by atoms with E-state index in [1.165, 1.54) is 21.5 Å². The highest BCUT2D eigenvalue weighted by Crippen LogP contribution is 2.45. The number of benzene rings is 10. The van der Waals surface area contributed by atoms with Crippen molar-refractivity contribution in [1.29, 1.82) is 0 Å². The van der Waals surface area contributed by atoms with Gasteiger partial charge in [0.05, 0.1) is 16.7 Å². The van der Waals surface area contributed by atoms with Gasteiger partial charge in [0.25, 0.3) is 0 Å². The van der Waals surface area contributed by atoms with E-state index in [2.05, 4.69) is 150 Å². The Hall–Kier alpha value is -8.87. The molecule has 0 radical (unpaired) electrons. The van der Waals surface area contributed by atoms with E-state index in [0.717, 1.165) is 99.2 Å². The fourth-order valence-corrected chi connectivity index (χ4v) is 9.99. The summed E-state index contributed by atoms with van der Waals surface area (Å²) in [6.45, 7) is 0. The molecule has 6 nitrogen and oxygen atoms in total. The van der Waals surface area contributed by atoms with Gasteiger partial charge in [-0.2, -0.15) is 0 Å². The van der Waals surface area contributed by atoms with Gasteiger partial charge >= 0.3 is 0 Å². The number of furan rings is 2. The summed E-state index contributed by atoms with van der Waals surface area (Å²) in [4.78, 5) is 15.6. The zero-order chi connectivity index (χ0) is 42.6. The molecule has 4 heterocycles. The monoisotopic (exact) mass is 830 g/mol. The molecule has 65 heavy (non-hydrogen) atoms. The first-order valence-electron chi connectivity index (χ1n) is 21.8. The van der Waals surface area contributed by atoms with E-state index in [1.54, 1.807) is 0 Å². The fraction of sp³-hybridized carbons (Fsp3) is 0. The van der Waals surface area contributed by atoms with Gasteiger partial charge in [-0.25, -0.2) is 15.0 Å². The highest BCUT2D eigenvalue weighted by Gasteiger charge is 2.23. The number of hydrogen-bond acceptors (Lipinski definition) is 5. The second-order valence-corrected chi connectivity index (χ2v) is 16.7. The standard InChI is InChI=1S/C59H34N4O2/c1-2-14-36(15-3-1)57-60-58(62-59(61-57)40-27-30-53-48(33-40)43-20-9-11-23-52(43)64-53)39-26-29-50(63-49-22-10-8-19-42(49)46-31-37-16-4-5-17-38(37)34-51(46)63)47(32-39)44-21-12-24-54-55(44)45-28-25-35-13-6-7-18-41(35)56(45)65-54/h1-34H. The van der Waals surface area contributed by atoms with Gasteiger partial charge in [-0.1, -0.05) is 133 Å². The van der Waals surface area contributed by atoms with Crippen LogP contribution in [0.2, 0.25) is 0 Å². The first-order chi connectivity index (χ1) is 32.2. The van der Waals surface area contributed by atoms with Crippen molar-refractivity contribution in [1.82, 2.24) is 19.5 Å². The molecule has 302 valence electrons. The second-order valence-electron chi connectivity index (χ2n) is 16.7. The van der Waals surface area contributed by atoms with E-state index < -0.39 is 0 Å². The Balaban J connectivity index is 1.06. The molecule has 0 amide bonds. The molecule has 0 bridgehead atoms. The van der Waals surface area contributed by atoms with Crippen LogP contribution in [0.3, 0.4) is 0 Å². The van der Waals surface area contributed by atoms with Crippen molar-refractivity contribution in [2.45, 2.75) is 0 Å². The summed E-state index contributed by atoms with van der Waals surface area (Å²) >= 11 is 0. The summed E-state index contributed by atoms with van der Waals surface area (Å²) in [6.07, 6.45) is 0. The van der Waals surface area contributed by atoms with Crippen molar-refractivity contribution >= 4 is 87.2 Å². The molecule has 10 aromatic carbocycles. The Kier molecular flexibility index (Phi) is 7.59. The lowest BCUT2D eigenvalue weighted by Gasteiger charge is -2.17. The number of rotatable bonds is 5. The van der Waals surface area contributed by atoms with Gasteiger partial charge in [0.2, 0.25) is 0 Å². The molecule has 6 heteroatoms. The summed E-state index contributed by atoms with van der Waals surface area (Å²) in [5, 5.41) is 11.2. The number of nitrogens with zero attached hydrogens (tertiary/aromatic N) is 4. The molecule has 0 aliphatic carbocycles. The average molecular weight is 831 g/mol. The quantitative estimate of drug-likeness (QED) is 0.173. The van der Waals surface area contributed by atoms with Crippen LogP contribution in [0.1, 0.15) is 0 Å². The number of fused-ring (bicyclic) bond motifs is 12. The minimum absolute atomic E-state index is 0.572. The van der Waals surface area contributed by atoms with Crippen molar-refractivity contribution in [3.8, 4) is 51.0 Å². The van der Waals surface area contributed by atoms with E-state index in [1.807, 2.05) is 60.7 Å². The Labute approximate surface area is 371 Å². The maximum absolute atomic E-state index is 6.80. The zero-order valence-electron chi connectivity index (χ0n) is 34.7. The summed E-state index contributed by atoms with van der Waals surface area (Å²) < 4.78 is 15.4. The van der Waals surface area contributed by atoms with Crippen molar-refractivity contribution in [2.24, 2.45) is 0 Å². The van der Waals surface area contributed by atoms with E-state index in [0.29, 0.717) is 17.5 Å². The summed E-state index contributed by atoms with van der Waals surface area (Å²) in [5.74, 6) is 1.75. The van der Waals surface area contributed by atoms with Crippen LogP contribution in [-0.4, -0.2) is 19.5 Å². The second kappa shape index (κ2) is 13.8. The molecule has 4 aromatic heterocycles. The maximum atomic E-state index is 6.80. The van der Waals surface area contributed by atoms with Crippen LogP contribution in [-0.2, 0) is 0 Å². The zero-order valence-corrected chi connectivity index (χ0v) is 34.7. The number of aromatic nitrogens is 4. The van der Waals surface area contributed by atoms with Gasteiger partial charge in [-0.05, 0) is 94.5 Å². The van der Waals surface area contributed by atoms with Crippen LogP contribution >= 0.6 is 0 Å². The Morgan fingerprint density at radius 1 is 0.323 bits per heavy atom. The maximum Gasteiger partial charge on any atom is 0.164 e. The molecule has 0 unspecified atom stereocenters. The predicted molar refractivity (Wildman–Crippen MR) is 265 cm³/mol. The fourth-order valence-electron chi connectivity index (χ4n) is 9.99. The molecule has 0 atom stereocenters.